The summed E-state index contributed by atoms with van der Waals surface area (Å²) >= 11 is 0. The van der Waals surface area contributed by atoms with Crippen molar-refractivity contribution in [3.8, 4) is 5.75 Å². The van der Waals surface area contributed by atoms with Crippen molar-refractivity contribution in [2.45, 2.75) is 13.3 Å². The quantitative estimate of drug-likeness (QED) is 0.802. The predicted octanol–water partition coefficient (Wildman–Crippen LogP) is 1.76. The molecule has 1 rings (SSSR count). The molecule has 0 aliphatic heterocycles. The van der Waals surface area contributed by atoms with Crippen LogP contribution in [0.25, 0.3) is 0 Å². The molecule has 0 bridgehead atoms. The average molecular weight is 244 g/mol. The van der Waals surface area contributed by atoms with E-state index < -0.39 is 10.1 Å². The van der Waals surface area contributed by atoms with Crippen LogP contribution in [0, 0.1) is 5.92 Å². The normalized spacial score (nSPS) is 13.4. The van der Waals surface area contributed by atoms with Crippen LogP contribution in [0.15, 0.2) is 24.3 Å². The highest BCUT2D eigenvalue weighted by Crippen LogP contribution is 2.15. The zero-order valence-electron chi connectivity index (χ0n) is 9.38. The first-order valence-corrected chi connectivity index (χ1v) is 6.59. The molecule has 0 spiro atoms. The molecule has 4 nitrogen and oxygen atoms in total. The molecule has 0 aliphatic carbocycles. The molecule has 1 aromatic rings. The minimum Gasteiger partial charge on any atom is -0.497 e. The minimum atomic E-state index is -3.88. The van der Waals surface area contributed by atoms with Crippen LogP contribution < -0.4 is 4.74 Å². The summed E-state index contributed by atoms with van der Waals surface area (Å²) in [6.45, 7) is 1.79. The summed E-state index contributed by atoms with van der Waals surface area (Å²) in [7, 11) is -2.29. The zero-order chi connectivity index (χ0) is 12.2. The molecule has 0 saturated carbocycles. The van der Waals surface area contributed by atoms with E-state index in [2.05, 4.69) is 0 Å². The summed E-state index contributed by atoms with van der Waals surface area (Å²) in [5.41, 5.74) is 1.02. The van der Waals surface area contributed by atoms with Crippen molar-refractivity contribution in [2.24, 2.45) is 5.92 Å². The summed E-state index contributed by atoms with van der Waals surface area (Å²) < 4.78 is 35.1. The maximum absolute atomic E-state index is 10.7. The lowest BCUT2D eigenvalue weighted by Gasteiger charge is -2.09. The van der Waals surface area contributed by atoms with Crippen molar-refractivity contribution in [3.05, 3.63) is 29.8 Å². The third-order valence-electron chi connectivity index (χ3n) is 2.24. The molecule has 1 atom stereocenters. The second-order valence-corrected chi connectivity index (χ2v) is 5.40. The van der Waals surface area contributed by atoms with Gasteiger partial charge in [-0.05, 0) is 30.0 Å². The summed E-state index contributed by atoms with van der Waals surface area (Å²) in [6.07, 6.45) is 0.615. The van der Waals surface area contributed by atoms with Gasteiger partial charge in [-0.25, -0.2) is 0 Å². The fraction of sp³-hybridized carbons (Fsp3) is 0.455. The lowest BCUT2D eigenvalue weighted by molar-refractivity contribution is 0.414. The van der Waals surface area contributed by atoms with Crippen molar-refractivity contribution < 1.29 is 17.7 Å². The molecule has 0 radical (unpaired) electrons. The highest BCUT2D eigenvalue weighted by Gasteiger charge is 2.12. The Balaban J connectivity index is 2.59. The molecule has 0 heterocycles. The Hall–Kier alpha value is -1.07. The summed E-state index contributed by atoms with van der Waals surface area (Å²) in [4.78, 5) is 0. The van der Waals surface area contributed by atoms with Crippen molar-refractivity contribution in [3.63, 3.8) is 0 Å². The molecular weight excluding hydrogens is 228 g/mol. The van der Waals surface area contributed by atoms with Crippen molar-refractivity contribution in [1.82, 2.24) is 0 Å². The third kappa shape index (κ3) is 4.63. The number of hydrogen-bond acceptors (Lipinski definition) is 3. The molecule has 0 aromatic heterocycles. The lowest BCUT2D eigenvalue weighted by Crippen LogP contribution is -2.14. The molecule has 0 amide bonds. The largest absolute Gasteiger partial charge is 0.497 e. The number of benzene rings is 1. The van der Waals surface area contributed by atoms with Gasteiger partial charge in [-0.2, -0.15) is 8.42 Å². The Labute approximate surface area is 96.0 Å². The van der Waals surface area contributed by atoms with Crippen LogP contribution in [-0.4, -0.2) is 25.8 Å². The lowest BCUT2D eigenvalue weighted by atomic mass is 10.0. The molecule has 5 heteroatoms. The smallest absolute Gasteiger partial charge is 0.265 e. The number of hydrogen-bond donors (Lipinski definition) is 1. The van der Waals surface area contributed by atoms with E-state index in [-0.39, 0.29) is 11.7 Å². The minimum absolute atomic E-state index is 0.108. The van der Waals surface area contributed by atoms with E-state index in [0.29, 0.717) is 6.42 Å². The standard InChI is InChI=1S/C11H16O4S/c1-9(8-16(12,13)14)7-10-3-5-11(15-2)6-4-10/h3-6,9H,7-8H2,1-2H3,(H,12,13,14). The molecule has 1 N–H and O–H groups in total. The molecule has 16 heavy (non-hydrogen) atoms. The molecule has 0 saturated heterocycles. The maximum atomic E-state index is 10.7. The molecule has 1 unspecified atom stereocenters. The van der Waals surface area contributed by atoms with Gasteiger partial charge in [-0.1, -0.05) is 19.1 Å². The van der Waals surface area contributed by atoms with E-state index in [4.69, 9.17) is 9.29 Å². The van der Waals surface area contributed by atoms with Gasteiger partial charge in [-0.15, -0.1) is 0 Å². The number of methoxy groups -OCH3 is 1. The van der Waals surface area contributed by atoms with E-state index in [9.17, 15) is 8.42 Å². The zero-order valence-corrected chi connectivity index (χ0v) is 10.2. The van der Waals surface area contributed by atoms with Gasteiger partial charge in [0.1, 0.15) is 5.75 Å². The van der Waals surface area contributed by atoms with Gasteiger partial charge in [-0.3, -0.25) is 4.55 Å². The summed E-state index contributed by atoms with van der Waals surface area (Å²) in [5.74, 6) is 0.452. The van der Waals surface area contributed by atoms with Gasteiger partial charge < -0.3 is 4.74 Å². The molecular formula is C11H16O4S. The van der Waals surface area contributed by atoms with Crippen LogP contribution in [0.2, 0.25) is 0 Å². The first-order valence-electron chi connectivity index (χ1n) is 4.99. The van der Waals surface area contributed by atoms with Crippen LogP contribution in [0.3, 0.4) is 0 Å². The van der Waals surface area contributed by atoms with Crippen LogP contribution in [0.5, 0.6) is 5.75 Å². The van der Waals surface area contributed by atoms with Crippen LogP contribution in [0.1, 0.15) is 12.5 Å². The van der Waals surface area contributed by atoms with Crippen molar-refractivity contribution in [1.29, 1.82) is 0 Å². The first kappa shape index (κ1) is 13.0. The van der Waals surface area contributed by atoms with Crippen LogP contribution in [0.4, 0.5) is 0 Å². The number of ether oxygens (including phenoxy) is 1. The van der Waals surface area contributed by atoms with E-state index in [1.54, 1.807) is 14.0 Å². The van der Waals surface area contributed by atoms with E-state index in [0.717, 1.165) is 11.3 Å². The van der Waals surface area contributed by atoms with E-state index in [1.807, 2.05) is 24.3 Å². The number of rotatable bonds is 5. The van der Waals surface area contributed by atoms with E-state index in [1.165, 1.54) is 0 Å². The van der Waals surface area contributed by atoms with Crippen molar-refractivity contribution in [2.75, 3.05) is 12.9 Å². The van der Waals surface area contributed by atoms with Gasteiger partial charge in [0.05, 0.1) is 12.9 Å². The second-order valence-electron chi connectivity index (χ2n) is 3.91. The van der Waals surface area contributed by atoms with Crippen LogP contribution >= 0.6 is 0 Å². The Kier molecular flexibility index (Phi) is 4.32. The van der Waals surface area contributed by atoms with Gasteiger partial charge >= 0.3 is 0 Å². The van der Waals surface area contributed by atoms with Crippen molar-refractivity contribution >= 4 is 10.1 Å². The molecule has 0 fully saturated rings. The Bertz CT molecular complexity index is 422. The fourth-order valence-corrected chi connectivity index (χ4v) is 2.42. The Morgan fingerprint density at radius 2 is 1.88 bits per heavy atom. The van der Waals surface area contributed by atoms with Gasteiger partial charge in [0.25, 0.3) is 10.1 Å². The highest BCUT2D eigenvalue weighted by atomic mass is 32.2. The molecule has 0 aliphatic rings. The Morgan fingerprint density at radius 3 is 2.31 bits per heavy atom. The fourth-order valence-electron chi connectivity index (χ4n) is 1.58. The average Bonchev–Trinajstić information content (AvgIpc) is 2.16. The monoisotopic (exact) mass is 244 g/mol. The van der Waals surface area contributed by atoms with E-state index >= 15 is 0 Å². The highest BCUT2D eigenvalue weighted by molar-refractivity contribution is 7.85. The van der Waals surface area contributed by atoms with Crippen LogP contribution in [-0.2, 0) is 16.5 Å². The Morgan fingerprint density at radius 1 is 1.31 bits per heavy atom. The van der Waals surface area contributed by atoms with Gasteiger partial charge in [0.2, 0.25) is 0 Å². The van der Waals surface area contributed by atoms with Gasteiger partial charge in [0, 0.05) is 0 Å². The second kappa shape index (κ2) is 5.32. The summed E-state index contributed by atoms with van der Waals surface area (Å²) in [6, 6.07) is 7.43. The third-order valence-corrected chi connectivity index (χ3v) is 3.23. The SMILES string of the molecule is COc1ccc(CC(C)CS(=O)(=O)O)cc1. The maximum Gasteiger partial charge on any atom is 0.265 e. The predicted molar refractivity (Wildman–Crippen MR) is 62.3 cm³/mol. The first-order chi connectivity index (χ1) is 7.40. The molecule has 1 aromatic carbocycles. The summed E-state index contributed by atoms with van der Waals surface area (Å²) in [5, 5.41) is 0. The topological polar surface area (TPSA) is 63.6 Å². The molecule has 90 valence electrons. The van der Waals surface area contributed by atoms with Gasteiger partial charge in [0.15, 0.2) is 0 Å².